The van der Waals surface area contributed by atoms with Crippen molar-refractivity contribution in [1.82, 2.24) is 25.2 Å². The molecule has 1 unspecified atom stereocenters. The number of carbonyl (C=O) groups excluding carboxylic acids is 1. The van der Waals surface area contributed by atoms with Gasteiger partial charge in [0.1, 0.15) is 0 Å². The van der Waals surface area contributed by atoms with E-state index in [2.05, 4.69) is 15.6 Å². The van der Waals surface area contributed by atoms with Gasteiger partial charge in [0.25, 0.3) is 5.91 Å². The fourth-order valence-corrected chi connectivity index (χ4v) is 3.71. The number of rotatable bonds is 3. The maximum Gasteiger partial charge on any atom is 0.276 e. The van der Waals surface area contributed by atoms with Crippen LogP contribution in [0.4, 0.5) is 0 Å². The highest BCUT2D eigenvalue weighted by Gasteiger charge is 2.32. The van der Waals surface area contributed by atoms with Crippen molar-refractivity contribution in [3.8, 4) is 5.69 Å². The molecule has 8 heteroatoms. The minimum atomic E-state index is -0.138. The molecule has 1 aliphatic rings. The Morgan fingerprint density at radius 2 is 1.86 bits per heavy atom. The first-order valence-electron chi connectivity index (χ1n) is 8.90. The highest BCUT2D eigenvalue weighted by Crippen LogP contribution is 2.29. The Morgan fingerprint density at radius 3 is 2.61 bits per heavy atom. The third-order valence-electron chi connectivity index (χ3n) is 4.87. The van der Waals surface area contributed by atoms with Gasteiger partial charge >= 0.3 is 0 Å². The lowest BCUT2D eigenvalue weighted by atomic mass is 10.0. The molecule has 1 aliphatic heterocycles. The van der Waals surface area contributed by atoms with E-state index < -0.39 is 0 Å². The van der Waals surface area contributed by atoms with Gasteiger partial charge in [-0.1, -0.05) is 53.2 Å². The minimum Gasteiger partial charge on any atom is -0.328 e. The first-order valence-corrected chi connectivity index (χ1v) is 9.28. The molecular weight excluding hydrogens is 397 g/mol. The first-order chi connectivity index (χ1) is 13.2. The second-order valence-corrected chi connectivity index (χ2v) is 6.92. The molecule has 1 amide bonds. The molecule has 1 fully saturated rings. The number of hydrogen-bond acceptors (Lipinski definition) is 4. The van der Waals surface area contributed by atoms with E-state index in [4.69, 9.17) is 11.6 Å². The summed E-state index contributed by atoms with van der Waals surface area (Å²) in [4.78, 5) is 15.1. The Labute approximate surface area is 174 Å². The van der Waals surface area contributed by atoms with Crippen LogP contribution in [-0.2, 0) is 0 Å². The fourth-order valence-electron chi connectivity index (χ4n) is 3.45. The predicted octanol–water partition coefficient (Wildman–Crippen LogP) is 3.44. The Morgan fingerprint density at radius 1 is 1.14 bits per heavy atom. The molecule has 28 heavy (non-hydrogen) atoms. The smallest absolute Gasteiger partial charge is 0.276 e. The standard InChI is InChI=1S/C20H20ClN5O.ClH/c1-14-19(23-24-26(14)15-7-3-2-4-8-15)20(27)25-12-11-22-13-18(25)16-9-5-6-10-17(16)21;/h2-10,18,22H,11-13H2,1H3;1H. The molecule has 4 rings (SSSR count). The number of piperazine rings is 1. The summed E-state index contributed by atoms with van der Waals surface area (Å²) in [5.41, 5.74) is 2.91. The Hall–Kier alpha value is -2.41. The second-order valence-electron chi connectivity index (χ2n) is 6.51. The number of para-hydroxylation sites is 1. The third-order valence-corrected chi connectivity index (χ3v) is 5.21. The summed E-state index contributed by atoms with van der Waals surface area (Å²) in [5, 5.41) is 12.4. The van der Waals surface area contributed by atoms with Crippen molar-refractivity contribution in [2.45, 2.75) is 13.0 Å². The van der Waals surface area contributed by atoms with Crippen LogP contribution in [0.5, 0.6) is 0 Å². The number of benzene rings is 2. The number of hydrogen-bond donors (Lipinski definition) is 1. The SMILES string of the molecule is Cc1c(C(=O)N2CCNCC2c2ccccc2Cl)nnn1-c1ccccc1.Cl. The molecule has 1 atom stereocenters. The van der Waals surface area contributed by atoms with Crippen molar-refractivity contribution in [3.63, 3.8) is 0 Å². The molecule has 0 bridgehead atoms. The molecule has 0 saturated carbocycles. The van der Waals surface area contributed by atoms with E-state index in [-0.39, 0.29) is 24.4 Å². The van der Waals surface area contributed by atoms with Gasteiger partial charge in [0.2, 0.25) is 0 Å². The average molecular weight is 418 g/mol. The molecule has 0 radical (unpaired) electrons. The van der Waals surface area contributed by atoms with E-state index >= 15 is 0 Å². The molecule has 6 nitrogen and oxygen atoms in total. The van der Waals surface area contributed by atoms with Crippen LogP contribution in [0.15, 0.2) is 54.6 Å². The highest BCUT2D eigenvalue weighted by molar-refractivity contribution is 6.31. The van der Waals surface area contributed by atoms with Crippen LogP contribution in [0.3, 0.4) is 0 Å². The summed E-state index contributed by atoms with van der Waals surface area (Å²) < 4.78 is 1.69. The molecule has 1 saturated heterocycles. The summed E-state index contributed by atoms with van der Waals surface area (Å²) in [6.45, 7) is 3.85. The maximum atomic E-state index is 13.3. The molecule has 146 valence electrons. The lowest BCUT2D eigenvalue weighted by Gasteiger charge is -2.36. The molecular formula is C20H21Cl2N5O. The van der Waals surface area contributed by atoms with E-state index in [0.717, 1.165) is 23.5 Å². The molecule has 2 heterocycles. The van der Waals surface area contributed by atoms with E-state index in [1.54, 1.807) is 4.68 Å². The summed E-state index contributed by atoms with van der Waals surface area (Å²) in [7, 11) is 0. The van der Waals surface area contributed by atoms with Gasteiger partial charge in [-0.2, -0.15) is 0 Å². The maximum absolute atomic E-state index is 13.3. The van der Waals surface area contributed by atoms with Crippen molar-refractivity contribution in [1.29, 1.82) is 0 Å². The molecule has 2 aromatic carbocycles. The number of carbonyl (C=O) groups is 1. The highest BCUT2D eigenvalue weighted by atomic mass is 35.5. The van der Waals surface area contributed by atoms with Crippen LogP contribution < -0.4 is 5.32 Å². The van der Waals surface area contributed by atoms with Crippen LogP contribution in [0, 0.1) is 6.92 Å². The average Bonchev–Trinajstić information content (AvgIpc) is 3.10. The Bertz CT molecular complexity index is 960. The van der Waals surface area contributed by atoms with Gasteiger partial charge in [-0.3, -0.25) is 4.79 Å². The van der Waals surface area contributed by atoms with Crippen molar-refractivity contribution >= 4 is 29.9 Å². The number of aromatic nitrogens is 3. The largest absolute Gasteiger partial charge is 0.328 e. The quantitative estimate of drug-likeness (QED) is 0.708. The monoisotopic (exact) mass is 417 g/mol. The molecule has 1 N–H and O–H groups in total. The van der Waals surface area contributed by atoms with E-state index in [9.17, 15) is 4.79 Å². The van der Waals surface area contributed by atoms with Crippen LogP contribution >= 0.6 is 24.0 Å². The summed E-state index contributed by atoms with van der Waals surface area (Å²) >= 11 is 6.39. The van der Waals surface area contributed by atoms with Gasteiger partial charge in [0.15, 0.2) is 5.69 Å². The van der Waals surface area contributed by atoms with Crippen molar-refractivity contribution < 1.29 is 4.79 Å². The van der Waals surface area contributed by atoms with Crippen LogP contribution in [0.2, 0.25) is 5.02 Å². The molecule has 3 aromatic rings. The zero-order valence-corrected chi connectivity index (χ0v) is 17.0. The topological polar surface area (TPSA) is 63.1 Å². The normalized spacial score (nSPS) is 16.5. The number of nitrogens with one attached hydrogen (secondary N) is 1. The van der Waals surface area contributed by atoms with Gasteiger partial charge < -0.3 is 10.2 Å². The van der Waals surface area contributed by atoms with E-state index in [0.29, 0.717) is 23.8 Å². The number of nitrogens with zero attached hydrogens (tertiary/aromatic N) is 4. The zero-order valence-electron chi connectivity index (χ0n) is 15.4. The molecule has 0 spiro atoms. The fraction of sp³-hybridized carbons (Fsp3) is 0.250. The first kappa shape index (κ1) is 20.3. The van der Waals surface area contributed by atoms with E-state index in [1.807, 2.05) is 66.4 Å². The van der Waals surface area contributed by atoms with Crippen LogP contribution in [0.1, 0.15) is 27.8 Å². The van der Waals surface area contributed by atoms with Crippen LogP contribution in [0.25, 0.3) is 5.69 Å². The van der Waals surface area contributed by atoms with Gasteiger partial charge in [-0.25, -0.2) is 4.68 Å². The lowest BCUT2D eigenvalue weighted by Crippen LogP contribution is -2.49. The van der Waals surface area contributed by atoms with Gasteiger partial charge in [-0.15, -0.1) is 17.5 Å². The second kappa shape index (κ2) is 8.73. The summed E-state index contributed by atoms with van der Waals surface area (Å²) in [6, 6.07) is 17.2. The van der Waals surface area contributed by atoms with Crippen molar-refractivity contribution in [3.05, 3.63) is 76.6 Å². The van der Waals surface area contributed by atoms with Gasteiger partial charge in [0, 0.05) is 24.7 Å². The molecule has 1 aromatic heterocycles. The Balaban J connectivity index is 0.00000225. The van der Waals surface area contributed by atoms with Crippen LogP contribution in [-0.4, -0.2) is 45.4 Å². The van der Waals surface area contributed by atoms with Crippen molar-refractivity contribution in [2.75, 3.05) is 19.6 Å². The van der Waals surface area contributed by atoms with Gasteiger partial charge in [-0.05, 0) is 30.7 Å². The molecule has 0 aliphatic carbocycles. The lowest BCUT2D eigenvalue weighted by molar-refractivity contribution is 0.0627. The summed E-state index contributed by atoms with van der Waals surface area (Å²) in [6.07, 6.45) is 0. The zero-order chi connectivity index (χ0) is 18.8. The summed E-state index contributed by atoms with van der Waals surface area (Å²) in [5.74, 6) is -0.124. The van der Waals surface area contributed by atoms with Gasteiger partial charge in [0.05, 0.1) is 17.4 Å². The van der Waals surface area contributed by atoms with Crippen molar-refractivity contribution in [2.24, 2.45) is 0 Å². The Kier molecular flexibility index (Phi) is 6.34. The number of halogens is 2. The van der Waals surface area contributed by atoms with E-state index in [1.165, 1.54) is 0 Å². The third kappa shape index (κ3) is 3.76. The predicted molar refractivity (Wildman–Crippen MR) is 111 cm³/mol. The minimum absolute atomic E-state index is 0. The number of amides is 1.